The van der Waals surface area contributed by atoms with Crippen LogP contribution in [0.1, 0.15) is 25.3 Å². The molecule has 0 aliphatic carbocycles. The van der Waals surface area contributed by atoms with E-state index in [1.807, 2.05) is 43.3 Å². The highest BCUT2D eigenvalue weighted by Gasteiger charge is 2.38. The van der Waals surface area contributed by atoms with Gasteiger partial charge < -0.3 is 19.3 Å². The molecule has 1 atom stereocenters. The average molecular weight is 370 g/mol. The standard InChI is InChI=1S/C21H26N2O4/c1-14-19(21(25)26-4)18(12-15-7-9-16(10-8-15)22(2)3)20(24)23(14)13-17-6-5-11-27-17/h7-10,12,17H,5-6,11,13H2,1-4H3/b18-12-/t17-/m1/s1. The zero-order valence-electron chi connectivity index (χ0n) is 16.3. The van der Waals surface area contributed by atoms with E-state index in [9.17, 15) is 9.59 Å². The molecule has 2 aliphatic rings. The van der Waals surface area contributed by atoms with Crippen LogP contribution < -0.4 is 4.90 Å². The van der Waals surface area contributed by atoms with E-state index in [0.29, 0.717) is 23.4 Å². The Morgan fingerprint density at radius 1 is 1.33 bits per heavy atom. The van der Waals surface area contributed by atoms with Crippen LogP contribution in [0.4, 0.5) is 5.69 Å². The third kappa shape index (κ3) is 3.90. The second kappa shape index (κ2) is 7.96. The Morgan fingerprint density at radius 2 is 2.04 bits per heavy atom. The Morgan fingerprint density at radius 3 is 2.59 bits per heavy atom. The van der Waals surface area contributed by atoms with Crippen LogP contribution >= 0.6 is 0 Å². The molecule has 2 aliphatic heterocycles. The van der Waals surface area contributed by atoms with Crippen LogP contribution in [0, 0.1) is 0 Å². The highest BCUT2D eigenvalue weighted by atomic mass is 16.5. The van der Waals surface area contributed by atoms with Gasteiger partial charge in [0.15, 0.2) is 0 Å². The number of hydrogen-bond acceptors (Lipinski definition) is 5. The predicted molar refractivity (Wildman–Crippen MR) is 104 cm³/mol. The van der Waals surface area contributed by atoms with Gasteiger partial charge >= 0.3 is 5.97 Å². The summed E-state index contributed by atoms with van der Waals surface area (Å²) in [7, 11) is 5.27. The van der Waals surface area contributed by atoms with Gasteiger partial charge in [-0.25, -0.2) is 4.79 Å². The number of methoxy groups -OCH3 is 1. The number of hydrogen-bond donors (Lipinski definition) is 0. The zero-order valence-corrected chi connectivity index (χ0v) is 16.3. The van der Waals surface area contributed by atoms with E-state index in [4.69, 9.17) is 9.47 Å². The van der Waals surface area contributed by atoms with Crippen LogP contribution in [0.3, 0.4) is 0 Å². The number of nitrogens with zero attached hydrogens (tertiary/aromatic N) is 2. The summed E-state index contributed by atoms with van der Waals surface area (Å²) in [6.45, 7) is 2.97. The van der Waals surface area contributed by atoms with Gasteiger partial charge in [-0.2, -0.15) is 0 Å². The van der Waals surface area contributed by atoms with Gasteiger partial charge in [0.1, 0.15) is 0 Å². The van der Waals surface area contributed by atoms with Crippen molar-refractivity contribution in [3.8, 4) is 0 Å². The second-order valence-electron chi connectivity index (χ2n) is 7.05. The summed E-state index contributed by atoms with van der Waals surface area (Å²) in [6, 6.07) is 7.82. The lowest BCUT2D eigenvalue weighted by Gasteiger charge is -2.21. The van der Waals surface area contributed by atoms with E-state index >= 15 is 0 Å². The molecule has 0 radical (unpaired) electrons. The maximum atomic E-state index is 13.1. The first kappa shape index (κ1) is 19.2. The van der Waals surface area contributed by atoms with Crippen molar-refractivity contribution in [3.05, 3.63) is 46.7 Å². The molecule has 1 aromatic carbocycles. The Labute approximate surface area is 160 Å². The lowest BCUT2D eigenvalue weighted by Crippen LogP contribution is -2.33. The van der Waals surface area contributed by atoms with Crippen molar-refractivity contribution in [2.45, 2.75) is 25.9 Å². The number of rotatable bonds is 5. The van der Waals surface area contributed by atoms with Gasteiger partial charge in [-0.3, -0.25) is 4.79 Å². The molecule has 144 valence electrons. The quantitative estimate of drug-likeness (QED) is 0.589. The van der Waals surface area contributed by atoms with Crippen molar-refractivity contribution < 1.29 is 19.1 Å². The average Bonchev–Trinajstić information content (AvgIpc) is 3.25. The maximum Gasteiger partial charge on any atom is 0.340 e. The molecule has 0 spiro atoms. The molecule has 3 rings (SSSR count). The minimum absolute atomic E-state index is 0.0153. The normalized spacial score (nSPS) is 21.3. The Balaban J connectivity index is 1.94. The summed E-state index contributed by atoms with van der Waals surface area (Å²) in [4.78, 5) is 29.1. The molecule has 1 aromatic rings. The lowest BCUT2D eigenvalue weighted by atomic mass is 10.0. The molecule has 1 fully saturated rings. The van der Waals surface area contributed by atoms with Gasteiger partial charge in [0.25, 0.3) is 5.91 Å². The summed E-state index contributed by atoms with van der Waals surface area (Å²) >= 11 is 0. The van der Waals surface area contributed by atoms with Crippen molar-refractivity contribution in [3.63, 3.8) is 0 Å². The summed E-state index contributed by atoms with van der Waals surface area (Å²) < 4.78 is 10.6. The molecule has 0 bridgehead atoms. The van der Waals surface area contributed by atoms with Gasteiger partial charge in [0, 0.05) is 32.1 Å². The molecule has 1 saturated heterocycles. The molecular formula is C21H26N2O4. The third-order valence-electron chi connectivity index (χ3n) is 5.03. The van der Waals surface area contributed by atoms with Gasteiger partial charge in [-0.05, 0) is 43.5 Å². The fourth-order valence-electron chi connectivity index (χ4n) is 3.48. The first-order valence-electron chi connectivity index (χ1n) is 9.14. The van der Waals surface area contributed by atoms with Gasteiger partial charge in [-0.15, -0.1) is 0 Å². The number of carbonyl (C=O) groups excluding carboxylic acids is 2. The van der Waals surface area contributed by atoms with Crippen molar-refractivity contribution in [2.75, 3.05) is 39.3 Å². The van der Waals surface area contributed by atoms with Crippen LogP contribution in [0.15, 0.2) is 41.1 Å². The maximum absolute atomic E-state index is 13.1. The molecule has 0 aromatic heterocycles. The Hall–Kier alpha value is -2.60. The van der Waals surface area contributed by atoms with Crippen molar-refractivity contribution in [1.29, 1.82) is 0 Å². The molecule has 6 nitrogen and oxygen atoms in total. The summed E-state index contributed by atoms with van der Waals surface area (Å²) in [5.74, 6) is -0.674. The molecule has 27 heavy (non-hydrogen) atoms. The van der Waals surface area contributed by atoms with Gasteiger partial charge in [0.05, 0.1) is 30.9 Å². The monoisotopic (exact) mass is 370 g/mol. The van der Waals surface area contributed by atoms with E-state index in [1.165, 1.54) is 7.11 Å². The minimum Gasteiger partial charge on any atom is -0.465 e. The van der Waals surface area contributed by atoms with Crippen LogP contribution in [-0.2, 0) is 19.1 Å². The smallest absolute Gasteiger partial charge is 0.340 e. The van der Waals surface area contributed by atoms with E-state index in [0.717, 1.165) is 30.7 Å². The summed E-state index contributed by atoms with van der Waals surface area (Å²) in [5.41, 5.74) is 3.25. The number of anilines is 1. The number of carbonyl (C=O) groups is 2. The molecule has 0 saturated carbocycles. The highest BCUT2D eigenvalue weighted by Crippen LogP contribution is 2.33. The molecule has 0 unspecified atom stereocenters. The van der Waals surface area contributed by atoms with Crippen LogP contribution in [0.2, 0.25) is 0 Å². The van der Waals surface area contributed by atoms with Crippen molar-refractivity contribution in [1.82, 2.24) is 4.90 Å². The van der Waals surface area contributed by atoms with Crippen molar-refractivity contribution >= 4 is 23.6 Å². The zero-order chi connectivity index (χ0) is 19.6. The lowest BCUT2D eigenvalue weighted by molar-refractivity contribution is -0.136. The Bertz CT molecular complexity index is 787. The first-order valence-corrected chi connectivity index (χ1v) is 9.14. The van der Waals surface area contributed by atoms with Gasteiger partial charge in [0.2, 0.25) is 0 Å². The predicted octanol–water partition coefficient (Wildman–Crippen LogP) is 2.60. The molecule has 0 N–H and O–H groups in total. The van der Waals surface area contributed by atoms with E-state index < -0.39 is 5.97 Å². The second-order valence-corrected chi connectivity index (χ2v) is 7.05. The van der Waals surface area contributed by atoms with Crippen LogP contribution in [-0.4, -0.2) is 57.2 Å². The molecule has 1 amide bonds. The van der Waals surface area contributed by atoms with Crippen LogP contribution in [0.25, 0.3) is 6.08 Å². The topological polar surface area (TPSA) is 59.1 Å². The van der Waals surface area contributed by atoms with Crippen LogP contribution in [0.5, 0.6) is 0 Å². The van der Waals surface area contributed by atoms with Gasteiger partial charge in [-0.1, -0.05) is 12.1 Å². The van der Waals surface area contributed by atoms with E-state index in [2.05, 4.69) is 0 Å². The SMILES string of the molecule is COC(=O)C1=C(C)N(C[C@H]2CCCO2)C(=O)/C1=C\c1ccc(N(C)C)cc1. The highest BCUT2D eigenvalue weighted by molar-refractivity contribution is 6.16. The first-order chi connectivity index (χ1) is 12.9. The Kier molecular flexibility index (Phi) is 5.65. The van der Waals surface area contributed by atoms with E-state index in [1.54, 1.807) is 17.9 Å². The molecule has 6 heteroatoms. The number of esters is 1. The summed E-state index contributed by atoms with van der Waals surface area (Å²) in [6.07, 6.45) is 3.70. The molecular weight excluding hydrogens is 344 g/mol. The largest absolute Gasteiger partial charge is 0.465 e. The number of ether oxygens (including phenoxy) is 2. The molecule has 2 heterocycles. The fraction of sp³-hybridized carbons (Fsp3) is 0.429. The third-order valence-corrected chi connectivity index (χ3v) is 5.03. The number of amides is 1. The number of allylic oxidation sites excluding steroid dienone is 1. The summed E-state index contributed by atoms with van der Waals surface area (Å²) in [5, 5.41) is 0. The van der Waals surface area contributed by atoms with E-state index in [-0.39, 0.29) is 12.0 Å². The minimum atomic E-state index is -0.494. The fourth-order valence-corrected chi connectivity index (χ4v) is 3.48. The van der Waals surface area contributed by atoms with Crippen molar-refractivity contribution in [2.24, 2.45) is 0 Å². The number of benzene rings is 1.